The number of quaternary nitrogens is 1. The lowest BCUT2D eigenvalue weighted by Crippen LogP contribution is -2.55. The van der Waals surface area contributed by atoms with Gasteiger partial charge >= 0.3 is 0 Å². The van der Waals surface area contributed by atoms with E-state index >= 15 is 0 Å². The molecule has 0 aliphatic carbocycles. The van der Waals surface area contributed by atoms with Gasteiger partial charge in [0.15, 0.2) is 0 Å². The molecule has 1 saturated heterocycles. The number of rotatable bonds is 3. The van der Waals surface area contributed by atoms with E-state index in [1.807, 2.05) is 4.90 Å². The van der Waals surface area contributed by atoms with Gasteiger partial charge in [0.25, 0.3) is 0 Å². The summed E-state index contributed by atoms with van der Waals surface area (Å²) in [5.74, 6) is -0.255. The van der Waals surface area contributed by atoms with Crippen molar-refractivity contribution in [2.45, 2.75) is 0 Å². The van der Waals surface area contributed by atoms with E-state index in [-0.39, 0.29) is 5.82 Å². The molecule has 0 unspecified atom stereocenters. The van der Waals surface area contributed by atoms with Crippen LogP contribution in [0.1, 0.15) is 5.56 Å². The number of nitrogens with zero attached hydrogens (tertiary/aromatic N) is 1. The van der Waals surface area contributed by atoms with E-state index in [1.165, 1.54) is 17.8 Å². The highest BCUT2D eigenvalue weighted by atomic mass is 32.2. The molecule has 0 bridgehead atoms. The largest absolute Gasteiger partial charge is 0.356 e. The van der Waals surface area contributed by atoms with Gasteiger partial charge in [-0.1, -0.05) is 54.4 Å². The van der Waals surface area contributed by atoms with Crippen molar-refractivity contribution < 1.29 is 10.1 Å². The molecule has 1 aliphatic heterocycles. The zero-order valence-electron chi connectivity index (χ0n) is 9.56. The van der Waals surface area contributed by atoms with E-state index in [0.29, 0.717) is 21.4 Å². The second kappa shape index (κ2) is 5.88. The summed E-state index contributed by atoms with van der Waals surface area (Å²) in [6.07, 6.45) is 1.75. The van der Waals surface area contributed by atoms with Crippen LogP contribution in [0.3, 0.4) is 0 Å². The first-order valence-corrected chi connectivity index (χ1v) is 7.06. The Morgan fingerprint density at radius 3 is 2.72 bits per heavy atom. The van der Waals surface area contributed by atoms with Crippen molar-refractivity contribution in [2.24, 2.45) is 0 Å². The Hall–Kier alpha value is -0.820. The van der Waals surface area contributed by atoms with E-state index in [4.69, 9.17) is 24.4 Å². The van der Waals surface area contributed by atoms with Gasteiger partial charge in [0.1, 0.15) is 15.1 Å². The first kappa shape index (κ1) is 13.6. The molecule has 2 nitrogen and oxygen atoms in total. The molecule has 0 saturated carbocycles. The van der Waals surface area contributed by atoms with Crippen LogP contribution in [-0.2, 0) is 0 Å². The van der Waals surface area contributed by atoms with Gasteiger partial charge in [-0.2, -0.15) is 0 Å². The molecule has 18 heavy (non-hydrogen) atoms. The number of thiocarbonyl (C=S) groups is 2. The second-order valence-electron chi connectivity index (χ2n) is 3.71. The summed E-state index contributed by atoms with van der Waals surface area (Å²) in [7, 11) is 0. The molecular weight excluding hydrogens is 287 g/mol. The van der Waals surface area contributed by atoms with E-state index in [1.54, 1.807) is 24.3 Å². The van der Waals surface area contributed by atoms with Crippen molar-refractivity contribution in [2.75, 3.05) is 13.1 Å². The predicted molar refractivity (Wildman–Crippen MR) is 81.6 cm³/mol. The third-order valence-corrected chi connectivity index (χ3v) is 4.41. The first-order chi connectivity index (χ1) is 8.63. The maximum Gasteiger partial charge on any atom is 0.146 e. The third kappa shape index (κ3) is 2.77. The van der Waals surface area contributed by atoms with Crippen LogP contribution in [-0.4, -0.2) is 27.3 Å². The van der Waals surface area contributed by atoms with Gasteiger partial charge in [-0.15, -0.1) is 0 Å². The number of hydrogen-bond acceptors (Lipinski definition) is 3. The fourth-order valence-electron chi connectivity index (χ4n) is 1.58. The molecule has 94 valence electrons. The van der Waals surface area contributed by atoms with Gasteiger partial charge in [-0.25, -0.2) is 4.39 Å². The zero-order chi connectivity index (χ0) is 13.1. The highest BCUT2D eigenvalue weighted by Crippen LogP contribution is 2.33. The van der Waals surface area contributed by atoms with Crippen molar-refractivity contribution in [1.82, 2.24) is 4.90 Å². The van der Waals surface area contributed by atoms with Gasteiger partial charge in [-0.3, -0.25) is 0 Å². The Morgan fingerprint density at radius 2 is 2.06 bits per heavy atom. The number of hydrogen-bond donors (Lipinski definition) is 1. The molecule has 1 fully saturated rings. The van der Waals surface area contributed by atoms with Gasteiger partial charge in [0.2, 0.25) is 0 Å². The molecule has 0 spiro atoms. The van der Waals surface area contributed by atoms with Crippen LogP contribution in [0.15, 0.2) is 29.2 Å². The minimum Gasteiger partial charge on any atom is -0.356 e. The van der Waals surface area contributed by atoms with Crippen LogP contribution in [0.4, 0.5) is 4.39 Å². The summed E-state index contributed by atoms with van der Waals surface area (Å²) in [5, 5.41) is 0. The lowest BCUT2D eigenvalue weighted by atomic mass is 10.2. The Balaban J connectivity index is 2.28. The van der Waals surface area contributed by atoms with Gasteiger partial charge in [-0.05, 0) is 12.1 Å². The monoisotopic (exact) mass is 299 g/mol. The van der Waals surface area contributed by atoms with Crippen molar-refractivity contribution in [3.8, 4) is 0 Å². The van der Waals surface area contributed by atoms with Crippen LogP contribution in [0.5, 0.6) is 0 Å². The summed E-state index contributed by atoms with van der Waals surface area (Å²) in [4.78, 5) is 3.36. The normalized spacial score (nSPS) is 17.9. The minimum atomic E-state index is -0.255. The molecule has 0 amide bonds. The maximum absolute atomic E-state index is 13.6. The molecule has 6 heteroatoms. The molecule has 2 rings (SSSR count). The molecule has 0 aromatic heterocycles. The first-order valence-electron chi connectivity index (χ1n) is 5.42. The Labute approximate surface area is 120 Å². The van der Waals surface area contributed by atoms with Gasteiger partial charge < -0.3 is 10.6 Å². The summed E-state index contributed by atoms with van der Waals surface area (Å²) < 4.78 is 14.3. The van der Waals surface area contributed by atoms with Crippen LogP contribution in [0.2, 0.25) is 0 Å². The van der Waals surface area contributed by atoms with Crippen molar-refractivity contribution >= 4 is 51.6 Å². The molecule has 1 aromatic rings. The lowest BCUT2D eigenvalue weighted by Gasteiger charge is -2.13. The van der Waals surface area contributed by atoms with Crippen molar-refractivity contribution in [1.29, 1.82) is 0 Å². The molecule has 1 aliphatic rings. The molecule has 0 radical (unpaired) electrons. The van der Waals surface area contributed by atoms with Crippen molar-refractivity contribution in [3.05, 3.63) is 40.6 Å². The molecule has 1 heterocycles. The maximum atomic E-state index is 13.6. The molecule has 3 N–H and O–H groups in total. The van der Waals surface area contributed by atoms with Crippen LogP contribution in [0.25, 0.3) is 6.08 Å². The van der Waals surface area contributed by atoms with Crippen LogP contribution in [0, 0.1) is 5.82 Å². The zero-order valence-corrected chi connectivity index (χ0v) is 12.0. The molecular formula is C12H12FN2S3+. The average molecular weight is 299 g/mol. The lowest BCUT2D eigenvalue weighted by molar-refractivity contribution is -0.366. The van der Waals surface area contributed by atoms with Crippen molar-refractivity contribution in [3.63, 3.8) is 0 Å². The highest BCUT2D eigenvalue weighted by molar-refractivity contribution is 8.27. The topological polar surface area (TPSA) is 30.9 Å². The average Bonchev–Trinajstić information content (AvgIpc) is 2.60. The van der Waals surface area contributed by atoms with Crippen LogP contribution >= 0.6 is 36.2 Å². The number of halogens is 1. The summed E-state index contributed by atoms with van der Waals surface area (Å²) in [5.41, 5.74) is 4.32. The molecule has 1 aromatic carbocycles. The Bertz CT molecular complexity index is 528. The Kier molecular flexibility index (Phi) is 4.45. The fraction of sp³-hybridized carbons (Fsp3) is 0.167. The number of thioether (sulfide) groups is 1. The van der Waals surface area contributed by atoms with E-state index in [9.17, 15) is 4.39 Å². The van der Waals surface area contributed by atoms with E-state index < -0.39 is 0 Å². The summed E-state index contributed by atoms with van der Waals surface area (Å²) in [6.45, 7) is 1.44. The third-order valence-electron chi connectivity index (χ3n) is 2.45. The highest BCUT2D eigenvalue weighted by Gasteiger charge is 2.28. The fourth-order valence-corrected chi connectivity index (χ4v) is 3.38. The van der Waals surface area contributed by atoms with E-state index in [0.717, 1.165) is 11.4 Å². The standard InChI is InChI=1S/C12H11FN2S3/c13-9-4-2-1-3-8(9)7-10-11(16)15(6-5-14)12(17)18-10/h1-4,7H,5-6,14H2/p+1/b10-7-. The minimum absolute atomic E-state index is 0.255. The van der Waals surface area contributed by atoms with E-state index in [2.05, 4.69) is 5.73 Å². The summed E-state index contributed by atoms with van der Waals surface area (Å²) in [6, 6.07) is 6.61. The second-order valence-corrected chi connectivity index (χ2v) is 5.77. The quantitative estimate of drug-likeness (QED) is 0.684. The summed E-state index contributed by atoms with van der Waals surface area (Å²) >= 11 is 12.0. The SMILES string of the molecule is [NH3+]CCN1C(=S)S/C(=C\c2ccccc2F)C1=S. The predicted octanol–water partition coefficient (Wildman–Crippen LogP) is 2.07. The smallest absolute Gasteiger partial charge is 0.146 e. The van der Waals surface area contributed by atoms with Gasteiger partial charge in [0, 0.05) is 5.56 Å². The molecule has 0 atom stereocenters. The van der Waals surface area contributed by atoms with Gasteiger partial charge in [0.05, 0.1) is 18.0 Å². The van der Waals surface area contributed by atoms with Crippen LogP contribution < -0.4 is 5.73 Å². The Morgan fingerprint density at radius 1 is 1.33 bits per heavy atom. The number of benzene rings is 1.